The molecule has 0 fully saturated rings. The van der Waals surface area contributed by atoms with Gasteiger partial charge in [0.05, 0.1) is 17.3 Å². The first-order valence-electron chi connectivity index (χ1n) is 6.88. The normalized spacial score (nSPS) is 13.5. The second-order valence-electron chi connectivity index (χ2n) is 5.48. The van der Waals surface area contributed by atoms with Crippen LogP contribution in [0.2, 0.25) is 5.02 Å². The average Bonchev–Trinajstić information content (AvgIpc) is 2.88. The Hall–Kier alpha value is -1.98. The number of amides is 2. The third-order valence-electron chi connectivity index (χ3n) is 3.23. The monoisotopic (exact) mass is 322 g/mol. The maximum Gasteiger partial charge on any atom is 0.319 e. The highest BCUT2D eigenvalue weighted by Crippen LogP contribution is 2.23. The van der Waals surface area contributed by atoms with Crippen molar-refractivity contribution in [1.29, 1.82) is 0 Å². The zero-order valence-corrected chi connectivity index (χ0v) is 13.5. The van der Waals surface area contributed by atoms with Gasteiger partial charge in [0, 0.05) is 0 Å². The van der Waals surface area contributed by atoms with Crippen molar-refractivity contribution < 1.29 is 14.3 Å². The van der Waals surface area contributed by atoms with E-state index in [1.165, 1.54) is 0 Å². The van der Waals surface area contributed by atoms with Gasteiger partial charge >= 0.3 is 6.03 Å². The lowest BCUT2D eigenvalue weighted by Crippen LogP contribution is -2.40. The van der Waals surface area contributed by atoms with Crippen molar-refractivity contribution >= 4 is 23.3 Å². The Bertz CT molecular complexity index is 680. The van der Waals surface area contributed by atoms with Gasteiger partial charge in [-0.15, -0.1) is 0 Å². The Morgan fingerprint density at radius 2 is 2.05 bits per heavy atom. The number of nitrogens with one attached hydrogen (secondary N) is 2. The first-order valence-corrected chi connectivity index (χ1v) is 7.26. The number of benzene rings is 1. The third-order valence-corrected chi connectivity index (χ3v) is 3.56. The third kappa shape index (κ3) is 4.02. The quantitative estimate of drug-likeness (QED) is 0.805. The number of hydrogen-bond acceptors (Lipinski definition) is 3. The van der Waals surface area contributed by atoms with Crippen LogP contribution in [0.4, 0.5) is 10.5 Å². The van der Waals surface area contributed by atoms with Gasteiger partial charge in [0.1, 0.15) is 17.1 Å². The summed E-state index contributed by atoms with van der Waals surface area (Å²) in [5.74, 6) is 1.10. The maximum atomic E-state index is 11.9. The van der Waals surface area contributed by atoms with Crippen LogP contribution in [-0.4, -0.2) is 17.7 Å². The molecule has 0 spiro atoms. The molecule has 1 aromatic heterocycles. The smallest absolute Gasteiger partial charge is 0.319 e. The van der Waals surface area contributed by atoms with Gasteiger partial charge in [-0.3, -0.25) is 0 Å². The second kappa shape index (κ2) is 6.42. The van der Waals surface area contributed by atoms with Gasteiger partial charge in [-0.05, 0) is 50.6 Å². The van der Waals surface area contributed by atoms with Crippen LogP contribution in [0.25, 0.3) is 0 Å². The molecule has 1 aromatic carbocycles. The largest absolute Gasteiger partial charge is 0.463 e. The molecule has 5 nitrogen and oxygen atoms in total. The highest BCUT2D eigenvalue weighted by atomic mass is 35.5. The molecule has 1 atom stereocenters. The molecule has 0 bridgehead atoms. The number of aryl methyl sites for hydroxylation is 2. The van der Waals surface area contributed by atoms with Gasteiger partial charge in [0.2, 0.25) is 0 Å². The van der Waals surface area contributed by atoms with Crippen molar-refractivity contribution in [1.82, 2.24) is 5.32 Å². The summed E-state index contributed by atoms with van der Waals surface area (Å²) in [5, 5.41) is 16.1. The number of hydrogen-bond donors (Lipinski definition) is 3. The molecule has 2 rings (SSSR count). The summed E-state index contributed by atoms with van der Waals surface area (Å²) in [4.78, 5) is 11.9. The number of rotatable bonds is 4. The summed E-state index contributed by atoms with van der Waals surface area (Å²) in [6.07, 6.45) is 0. The van der Waals surface area contributed by atoms with Crippen molar-refractivity contribution in [3.05, 3.63) is 52.4 Å². The summed E-state index contributed by atoms with van der Waals surface area (Å²) in [6, 6.07) is 8.35. The van der Waals surface area contributed by atoms with Crippen LogP contribution in [0.5, 0.6) is 0 Å². The molecule has 0 aliphatic carbocycles. The van der Waals surface area contributed by atoms with E-state index in [1.54, 1.807) is 38.1 Å². The topological polar surface area (TPSA) is 74.5 Å². The van der Waals surface area contributed by atoms with Gasteiger partial charge in [0.25, 0.3) is 0 Å². The molecule has 0 saturated carbocycles. The number of anilines is 1. The Kier molecular flexibility index (Phi) is 4.78. The van der Waals surface area contributed by atoms with Gasteiger partial charge in [-0.2, -0.15) is 0 Å². The number of urea groups is 1. The van der Waals surface area contributed by atoms with E-state index in [-0.39, 0.29) is 6.54 Å². The van der Waals surface area contributed by atoms with Gasteiger partial charge in [-0.25, -0.2) is 4.79 Å². The molecule has 0 aliphatic rings. The van der Waals surface area contributed by atoms with E-state index in [0.29, 0.717) is 22.2 Å². The predicted molar refractivity (Wildman–Crippen MR) is 86.2 cm³/mol. The van der Waals surface area contributed by atoms with Crippen LogP contribution >= 0.6 is 11.6 Å². The van der Waals surface area contributed by atoms with Crippen LogP contribution in [0.15, 0.2) is 34.7 Å². The molecular formula is C16H19ClN2O3. The first-order chi connectivity index (χ1) is 10.3. The molecule has 0 saturated heterocycles. The SMILES string of the molecule is Cc1ccc(Cl)c(NC(=O)NCC(C)(O)c2ccc(C)o2)c1. The lowest BCUT2D eigenvalue weighted by molar-refractivity contribution is 0.0364. The van der Waals surface area contributed by atoms with Gasteiger partial charge in [-0.1, -0.05) is 17.7 Å². The van der Waals surface area contributed by atoms with E-state index in [9.17, 15) is 9.90 Å². The van der Waals surface area contributed by atoms with Crippen molar-refractivity contribution in [2.45, 2.75) is 26.4 Å². The minimum absolute atomic E-state index is 0.00915. The fourth-order valence-electron chi connectivity index (χ4n) is 1.96. The Morgan fingerprint density at radius 3 is 2.68 bits per heavy atom. The van der Waals surface area contributed by atoms with Crippen molar-refractivity contribution in [3.8, 4) is 0 Å². The number of carbonyl (C=O) groups excluding carboxylic acids is 1. The first kappa shape index (κ1) is 16.4. The van der Waals surface area contributed by atoms with Crippen LogP contribution in [-0.2, 0) is 5.60 Å². The Morgan fingerprint density at radius 1 is 1.32 bits per heavy atom. The number of halogens is 1. The molecule has 0 aliphatic heterocycles. The molecule has 0 radical (unpaired) electrons. The summed E-state index contributed by atoms with van der Waals surface area (Å²) < 4.78 is 5.39. The average molecular weight is 323 g/mol. The molecule has 6 heteroatoms. The van der Waals surface area contributed by atoms with Crippen LogP contribution in [0.3, 0.4) is 0 Å². The fourth-order valence-corrected chi connectivity index (χ4v) is 2.13. The van der Waals surface area contributed by atoms with Crippen molar-refractivity contribution in [3.63, 3.8) is 0 Å². The molecule has 22 heavy (non-hydrogen) atoms. The van der Waals surface area contributed by atoms with Crippen LogP contribution in [0.1, 0.15) is 24.0 Å². The van der Waals surface area contributed by atoms with E-state index >= 15 is 0 Å². The zero-order chi connectivity index (χ0) is 16.3. The predicted octanol–water partition coefficient (Wildman–Crippen LogP) is 3.58. The lowest BCUT2D eigenvalue weighted by Gasteiger charge is -2.21. The molecule has 118 valence electrons. The van der Waals surface area contributed by atoms with Crippen LogP contribution in [0, 0.1) is 13.8 Å². The summed E-state index contributed by atoms with van der Waals surface area (Å²) >= 11 is 6.02. The molecule has 3 N–H and O–H groups in total. The lowest BCUT2D eigenvalue weighted by atomic mass is 10.0. The molecular weight excluding hydrogens is 304 g/mol. The zero-order valence-electron chi connectivity index (χ0n) is 12.7. The molecule has 2 amide bonds. The second-order valence-corrected chi connectivity index (χ2v) is 5.88. The van der Waals surface area contributed by atoms with Gasteiger partial charge < -0.3 is 20.2 Å². The van der Waals surface area contributed by atoms with E-state index in [2.05, 4.69) is 10.6 Å². The summed E-state index contributed by atoms with van der Waals surface area (Å²) in [5.41, 5.74) is 0.215. The molecule has 2 aromatic rings. The highest BCUT2D eigenvalue weighted by Gasteiger charge is 2.27. The standard InChI is InChI=1S/C16H19ClN2O3/c1-10-4-6-12(17)13(8-10)19-15(20)18-9-16(3,21)14-7-5-11(2)22-14/h4-8,21H,9H2,1-3H3,(H2,18,19,20). The summed E-state index contributed by atoms with van der Waals surface area (Å²) in [7, 11) is 0. The van der Waals surface area contributed by atoms with E-state index in [4.69, 9.17) is 16.0 Å². The minimum Gasteiger partial charge on any atom is -0.463 e. The van der Waals surface area contributed by atoms with Crippen LogP contribution < -0.4 is 10.6 Å². The summed E-state index contributed by atoms with van der Waals surface area (Å²) in [6.45, 7) is 5.28. The van der Waals surface area contributed by atoms with Crippen molar-refractivity contribution in [2.75, 3.05) is 11.9 Å². The van der Waals surface area contributed by atoms with E-state index in [1.807, 2.05) is 13.0 Å². The molecule has 1 unspecified atom stereocenters. The van der Waals surface area contributed by atoms with Gasteiger partial charge in [0.15, 0.2) is 0 Å². The number of furan rings is 1. The van der Waals surface area contributed by atoms with Crippen molar-refractivity contribution in [2.24, 2.45) is 0 Å². The highest BCUT2D eigenvalue weighted by molar-refractivity contribution is 6.33. The van der Waals surface area contributed by atoms with E-state index < -0.39 is 11.6 Å². The maximum absolute atomic E-state index is 11.9. The Labute approximate surface area is 134 Å². The fraction of sp³-hybridized carbons (Fsp3) is 0.312. The minimum atomic E-state index is -1.29. The number of carbonyl (C=O) groups is 1. The Balaban J connectivity index is 1.96. The van der Waals surface area contributed by atoms with E-state index in [0.717, 1.165) is 5.56 Å². The molecule has 1 heterocycles. The number of aliphatic hydroxyl groups is 1.